The van der Waals surface area contributed by atoms with E-state index < -0.39 is 16.8 Å². The molecule has 9 heavy (non-hydrogen) atoms. The van der Waals surface area contributed by atoms with Gasteiger partial charge < -0.3 is 0 Å². The molecule has 6 heteroatoms. The molecule has 0 aromatic rings. The molecule has 0 radical (unpaired) electrons. The Kier molecular flexibility index (Phi) is 1.39. The lowest BCUT2D eigenvalue weighted by molar-refractivity contribution is -0.141. The molecule has 0 saturated carbocycles. The lowest BCUT2D eigenvalue weighted by Gasteiger charge is -1.92. The Morgan fingerprint density at radius 2 is 1.89 bits per heavy atom. The van der Waals surface area contributed by atoms with Crippen molar-refractivity contribution in [1.82, 2.24) is 0 Å². The van der Waals surface area contributed by atoms with Gasteiger partial charge in [0, 0.05) is 0 Å². The second-order valence-electron chi connectivity index (χ2n) is 1.19. The number of carbonyl (C=O) groups excluding carboxylic acids is 3. The van der Waals surface area contributed by atoms with Crippen LogP contribution < -0.4 is 0 Å². The molecule has 46 valence electrons. The molecule has 0 aromatic heterocycles. The highest BCUT2D eigenvalue weighted by molar-refractivity contribution is 8.14. The minimum Gasteiger partial charge on any atom is -0.278 e. The molecule has 1 aliphatic rings. The molecule has 5 nitrogen and oxygen atoms in total. The number of rotatable bonds is 0. The van der Waals surface area contributed by atoms with Crippen LogP contribution in [0.3, 0.4) is 0 Å². The summed E-state index contributed by atoms with van der Waals surface area (Å²) in [6.45, 7) is 0. The third-order valence-electron chi connectivity index (χ3n) is 0.635. The molecular formula is C3N2O3S. The molecule has 0 N–H and O–H groups in total. The maximum Gasteiger partial charge on any atom is 0.341 e. The number of carbonyl (C=O) groups is 3. The second-order valence-corrected chi connectivity index (χ2v) is 1.91. The molecule has 0 spiro atoms. The van der Waals surface area contributed by atoms with Crippen molar-refractivity contribution in [3.05, 3.63) is 0 Å². The van der Waals surface area contributed by atoms with Crippen LogP contribution in [0.25, 0.3) is 0 Å². The Labute approximate surface area is 53.7 Å². The maximum absolute atomic E-state index is 10.3. The number of nitrogens with zero attached hydrogens (tertiary/aromatic N) is 2. The Morgan fingerprint density at radius 1 is 1.22 bits per heavy atom. The summed E-state index contributed by atoms with van der Waals surface area (Å²) in [5, 5.41) is 1.97. The van der Waals surface area contributed by atoms with Crippen LogP contribution in [0.1, 0.15) is 0 Å². The topological polar surface area (TPSA) is 75.9 Å². The molecule has 1 heterocycles. The zero-order chi connectivity index (χ0) is 6.85. The first-order chi connectivity index (χ1) is 4.22. The minimum absolute atomic E-state index is 0.379. The minimum atomic E-state index is -1.10. The summed E-state index contributed by atoms with van der Waals surface area (Å²) in [5.41, 5.74) is 0. The number of hydrogen-bond acceptors (Lipinski definition) is 5. The van der Waals surface area contributed by atoms with Gasteiger partial charge >= 0.3 is 11.7 Å². The predicted molar refractivity (Wildman–Crippen MR) is 27.5 cm³/mol. The Bertz CT molecular complexity index is 221. The standard InChI is InChI=1S/C3N2O3S/c6-1-2(7)4-5-9-3(1)8. The van der Waals surface area contributed by atoms with Gasteiger partial charge in [-0.05, 0) is 0 Å². The van der Waals surface area contributed by atoms with E-state index in [-0.39, 0.29) is 0 Å². The highest BCUT2D eigenvalue weighted by Crippen LogP contribution is 2.10. The van der Waals surface area contributed by atoms with E-state index in [0.29, 0.717) is 11.9 Å². The average molecular weight is 144 g/mol. The van der Waals surface area contributed by atoms with E-state index in [0.717, 1.165) is 0 Å². The first kappa shape index (κ1) is 6.09. The van der Waals surface area contributed by atoms with Crippen molar-refractivity contribution in [3.8, 4) is 0 Å². The van der Waals surface area contributed by atoms with Crippen LogP contribution in [0.15, 0.2) is 9.63 Å². The van der Waals surface area contributed by atoms with Crippen LogP contribution in [-0.4, -0.2) is 16.8 Å². The van der Waals surface area contributed by atoms with Crippen molar-refractivity contribution in [2.75, 3.05) is 0 Å². The summed E-state index contributed by atoms with van der Waals surface area (Å²) >= 11 is 0.379. The van der Waals surface area contributed by atoms with E-state index >= 15 is 0 Å². The predicted octanol–water partition coefficient (Wildman–Crippen LogP) is -0.277. The summed E-state index contributed by atoms with van der Waals surface area (Å²) in [6, 6.07) is 0. The first-order valence-electron chi connectivity index (χ1n) is 1.92. The van der Waals surface area contributed by atoms with E-state index in [1.807, 2.05) is 0 Å². The third kappa shape index (κ3) is 1.02. The van der Waals surface area contributed by atoms with Gasteiger partial charge in [-0.1, -0.05) is 5.11 Å². The van der Waals surface area contributed by atoms with Gasteiger partial charge in [0.15, 0.2) is 0 Å². The number of ketones is 1. The monoisotopic (exact) mass is 144 g/mol. The van der Waals surface area contributed by atoms with Gasteiger partial charge in [-0.3, -0.25) is 14.4 Å². The summed E-state index contributed by atoms with van der Waals surface area (Å²) in [4.78, 5) is 30.7. The van der Waals surface area contributed by atoms with E-state index in [4.69, 9.17) is 0 Å². The van der Waals surface area contributed by atoms with Crippen molar-refractivity contribution in [1.29, 1.82) is 0 Å². The first-order valence-corrected chi connectivity index (χ1v) is 2.70. The van der Waals surface area contributed by atoms with Crippen molar-refractivity contribution in [3.63, 3.8) is 0 Å². The van der Waals surface area contributed by atoms with Crippen molar-refractivity contribution in [2.45, 2.75) is 0 Å². The van der Waals surface area contributed by atoms with Crippen LogP contribution in [-0.2, 0) is 14.4 Å². The van der Waals surface area contributed by atoms with Gasteiger partial charge in [-0.2, -0.15) is 0 Å². The van der Waals surface area contributed by atoms with Gasteiger partial charge in [-0.25, -0.2) is 0 Å². The summed E-state index contributed by atoms with van der Waals surface area (Å²) in [6.07, 6.45) is 0. The molecule has 0 unspecified atom stereocenters. The quantitative estimate of drug-likeness (QED) is 0.346. The molecule has 0 bridgehead atoms. The van der Waals surface area contributed by atoms with Crippen molar-refractivity contribution < 1.29 is 14.4 Å². The van der Waals surface area contributed by atoms with Gasteiger partial charge in [0.25, 0.3) is 5.12 Å². The molecule has 1 rings (SSSR count). The lowest BCUT2D eigenvalue weighted by Crippen LogP contribution is -2.21. The zero-order valence-corrected chi connectivity index (χ0v) is 4.84. The smallest absolute Gasteiger partial charge is 0.278 e. The van der Waals surface area contributed by atoms with Crippen molar-refractivity contribution in [2.24, 2.45) is 9.63 Å². The Balaban J connectivity index is 2.94. The van der Waals surface area contributed by atoms with Gasteiger partial charge in [0.1, 0.15) is 0 Å². The van der Waals surface area contributed by atoms with Crippen LogP contribution in [0.2, 0.25) is 0 Å². The van der Waals surface area contributed by atoms with E-state index in [2.05, 4.69) is 9.63 Å². The zero-order valence-electron chi connectivity index (χ0n) is 4.03. The Morgan fingerprint density at radius 3 is 2.33 bits per heavy atom. The fourth-order valence-corrected chi connectivity index (χ4v) is 0.628. The normalized spacial score (nSPS) is 18.9. The fraction of sp³-hybridized carbons (Fsp3) is 0. The molecule has 0 aromatic carbocycles. The molecule has 0 fully saturated rings. The largest absolute Gasteiger partial charge is 0.341 e. The van der Waals surface area contributed by atoms with Crippen LogP contribution in [0.4, 0.5) is 0 Å². The van der Waals surface area contributed by atoms with Crippen LogP contribution in [0.5, 0.6) is 0 Å². The molecule has 0 saturated heterocycles. The van der Waals surface area contributed by atoms with Crippen LogP contribution >= 0.6 is 11.9 Å². The van der Waals surface area contributed by atoms with Gasteiger partial charge in [0.05, 0.1) is 11.9 Å². The molecule has 0 aliphatic carbocycles. The molecule has 1 amide bonds. The second kappa shape index (κ2) is 2.06. The lowest BCUT2D eigenvalue weighted by atomic mass is 10.4. The van der Waals surface area contributed by atoms with E-state index in [1.54, 1.807) is 0 Å². The van der Waals surface area contributed by atoms with Gasteiger partial charge in [-0.15, -0.1) is 4.52 Å². The van der Waals surface area contributed by atoms with Crippen molar-refractivity contribution >= 4 is 28.8 Å². The number of amides is 1. The molecular weight excluding hydrogens is 144 g/mol. The van der Waals surface area contributed by atoms with Gasteiger partial charge in [0.2, 0.25) is 0 Å². The Hall–Kier alpha value is -1.04. The van der Waals surface area contributed by atoms with E-state index in [1.165, 1.54) is 0 Å². The molecule has 1 aliphatic heterocycles. The number of hydrogen-bond donors (Lipinski definition) is 0. The average Bonchev–Trinajstić information content (AvgIpc) is 1.83. The van der Waals surface area contributed by atoms with E-state index in [9.17, 15) is 14.4 Å². The summed E-state index contributed by atoms with van der Waals surface area (Å²) < 4.78 is 3.01. The molecule has 0 atom stereocenters. The summed E-state index contributed by atoms with van der Waals surface area (Å²) in [5.74, 6) is -2.19. The fourth-order valence-electron chi connectivity index (χ4n) is 0.269. The highest BCUT2D eigenvalue weighted by atomic mass is 32.2. The summed E-state index contributed by atoms with van der Waals surface area (Å²) in [7, 11) is 0. The van der Waals surface area contributed by atoms with Crippen LogP contribution in [0, 0.1) is 0 Å². The maximum atomic E-state index is 10.3. The number of Topliss-reactive ketones (excluding diaryl/α,β-unsaturated/α-hetero) is 1. The third-order valence-corrected chi connectivity index (χ3v) is 1.15. The SMILES string of the molecule is O=C1N=NSC(=O)C1=O. The highest BCUT2D eigenvalue weighted by Gasteiger charge is 2.26.